The molecule has 1 atom stereocenters. The summed E-state index contributed by atoms with van der Waals surface area (Å²) in [6.45, 7) is 6.00. The Bertz CT molecular complexity index is 995. The topological polar surface area (TPSA) is 63.2 Å². The van der Waals surface area contributed by atoms with Crippen LogP contribution in [0.4, 0.5) is 0 Å². The van der Waals surface area contributed by atoms with E-state index in [1.54, 1.807) is 24.5 Å². The number of aldehydes is 2. The fourth-order valence-corrected chi connectivity index (χ4v) is 4.86. The van der Waals surface area contributed by atoms with Gasteiger partial charge >= 0.3 is 0 Å². The van der Waals surface area contributed by atoms with Gasteiger partial charge in [-0.2, -0.15) is 0 Å². The van der Waals surface area contributed by atoms with Gasteiger partial charge < -0.3 is 4.79 Å². The third-order valence-corrected chi connectivity index (χ3v) is 6.75. The molecule has 0 aliphatic heterocycles. The molecular formula is C29H38ClN3O2. The Labute approximate surface area is 215 Å². The highest BCUT2D eigenvalue weighted by atomic mass is 35.5. The number of pyridine rings is 2. The van der Waals surface area contributed by atoms with E-state index in [-0.39, 0.29) is 6.04 Å². The van der Waals surface area contributed by atoms with Crippen molar-refractivity contribution in [1.29, 1.82) is 0 Å². The molecule has 0 spiro atoms. The number of nitrogens with zero attached hydrogens (tertiary/aromatic N) is 3. The van der Waals surface area contributed by atoms with Crippen molar-refractivity contribution in [2.45, 2.75) is 77.8 Å². The molecule has 0 N–H and O–H groups in total. The largest absolute Gasteiger partial charge is 0.303 e. The van der Waals surface area contributed by atoms with Gasteiger partial charge in [-0.3, -0.25) is 14.7 Å². The Morgan fingerprint density at radius 1 is 1.14 bits per heavy atom. The summed E-state index contributed by atoms with van der Waals surface area (Å²) in [5.41, 5.74) is 4.59. The maximum atomic E-state index is 11.7. The molecule has 2 heterocycles. The number of carbonyl (C=O) groups is 2. The maximum absolute atomic E-state index is 11.7. The molecular weight excluding hydrogens is 458 g/mol. The third kappa shape index (κ3) is 7.94. The molecule has 0 amide bonds. The molecule has 1 fully saturated rings. The van der Waals surface area contributed by atoms with Gasteiger partial charge in [-0.25, -0.2) is 4.98 Å². The van der Waals surface area contributed by atoms with Crippen LogP contribution in [0, 0.1) is 0 Å². The first-order valence-corrected chi connectivity index (χ1v) is 13.0. The van der Waals surface area contributed by atoms with Crippen LogP contribution in [0.25, 0.3) is 11.1 Å². The number of likely N-dealkylation sites (N-methyl/N-ethyl adjacent to an activating group) is 1. The molecule has 1 aliphatic carbocycles. The average Bonchev–Trinajstić information content (AvgIpc) is 2.91. The first kappa shape index (κ1) is 28.6. The van der Waals surface area contributed by atoms with Crippen LogP contribution in [0.3, 0.4) is 0 Å². The number of halogens is 1. The zero-order chi connectivity index (χ0) is 25.6. The van der Waals surface area contributed by atoms with Crippen LogP contribution < -0.4 is 0 Å². The molecule has 188 valence electrons. The predicted octanol–water partition coefficient (Wildman–Crippen LogP) is 6.61. The van der Waals surface area contributed by atoms with Crippen molar-refractivity contribution in [3.05, 3.63) is 70.8 Å². The highest BCUT2D eigenvalue weighted by molar-refractivity contribution is 6.29. The number of rotatable bonds is 10. The minimum absolute atomic E-state index is 0.209. The van der Waals surface area contributed by atoms with Gasteiger partial charge in [-0.05, 0) is 68.2 Å². The van der Waals surface area contributed by atoms with Gasteiger partial charge in [0.05, 0.1) is 5.69 Å². The van der Waals surface area contributed by atoms with Crippen molar-refractivity contribution < 1.29 is 9.59 Å². The Morgan fingerprint density at radius 2 is 1.89 bits per heavy atom. The monoisotopic (exact) mass is 495 g/mol. The summed E-state index contributed by atoms with van der Waals surface area (Å²) in [6.07, 6.45) is 15.8. The van der Waals surface area contributed by atoms with E-state index in [4.69, 9.17) is 16.6 Å². The molecule has 5 nitrogen and oxygen atoms in total. The molecule has 1 unspecified atom stereocenters. The van der Waals surface area contributed by atoms with Crippen LogP contribution in [-0.2, 0) is 16.0 Å². The Morgan fingerprint density at radius 3 is 2.49 bits per heavy atom. The Balaban J connectivity index is 0.00000210. The lowest BCUT2D eigenvalue weighted by Crippen LogP contribution is -2.42. The zero-order valence-electron chi connectivity index (χ0n) is 21.4. The minimum atomic E-state index is -0.209. The molecule has 35 heavy (non-hydrogen) atoms. The molecule has 0 bridgehead atoms. The summed E-state index contributed by atoms with van der Waals surface area (Å²) >= 11 is 5.95. The Hall–Kier alpha value is -2.63. The van der Waals surface area contributed by atoms with Crippen LogP contribution in [0.15, 0.2) is 48.8 Å². The number of aromatic nitrogens is 2. The third-order valence-electron chi connectivity index (χ3n) is 6.53. The number of hydrogen-bond donors (Lipinski definition) is 0. The van der Waals surface area contributed by atoms with Crippen LogP contribution in [0.2, 0.25) is 5.15 Å². The van der Waals surface area contributed by atoms with Crippen LogP contribution >= 0.6 is 11.6 Å². The highest BCUT2D eigenvalue weighted by Crippen LogP contribution is 2.33. The number of hydrogen-bond acceptors (Lipinski definition) is 5. The fraction of sp³-hybridized carbons (Fsp3) is 0.448. The zero-order valence-corrected chi connectivity index (χ0v) is 22.2. The van der Waals surface area contributed by atoms with Crippen molar-refractivity contribution in [2.24, 2.45) is 0 Å². The summed E-state index contributed by atoms with van der Waals surface area (Å²) in [4.78, 5) is 34.6. The van der Waals surface area contributed by atoms with Crippen molar-refractivity contribution in [1.82, 2.24) is 14.9 Å². The quantitative estimate of drug-likeness (QED) is 0.211. The average molecular weight is 496 g/mol. The van der Waals surface area contributed by atoms with Gasteiger partial charge in [0.15, 0.2) is 0 Å². The lowest BCUT2D eigenvalue weighted by Gasteiger charge is -2.38. The van der Waals surface area contributed by atoms with Crippen molar-refractivity contribution >= 4 is 35.3 Å². The van der Waals surface area contributed by atoms with Crippen LogP contribution in [0.1, 0.15) is 76.1 Å². The van der Waals surface area contributed by atoms with E-state index >= 15 is 0 Å². The summed E-state index contributed by atoms with van der Waals surface area (Å²) in [7, 11) is 2.07. The maximum Gasteiger partial charge on any atom is 0.143 e. The standard InChI is InChI=1S/C27H32ClN3O2.C2H6/c1-3-21(18-20-11-12-26(28)30-19-20)23-10-7-15-29-27(23)24(13-16-32)25(14-17-33)31(2)22-8-5-4-6-9-22;1-2/h3,7,10-13,15-17,19,22,25H,4-6,8-9,14,18H2,1-2H3;1-2H3/b21-3-,24-13+;. The second kappa shape index (κ2) is 15.4. The van der Waals surface area contributed by atoms with Crippen LogP contribution in [0.5, 0.6) is 0 Å². The molecule has 3 rings (SSSR count). The summed E-state index contributed by atoms with van der Waals surface area (Å²) in [5, 5.41) is 0.460. The normalized spacial score (nSPS) is 15.8. The number of allylic oxidation sites excluding steroid dienone is 3. The number of carbonyl (C=O) groups excluding carboxylic acids is 2. The fourth-order valence-electron chi connectivity index (χ4n) is 4.75. The molecule has 0 aromatic carbocycles. The summed E-state index contributed by atoms with van der Waals surface area (Å²) in [5.74, 6) is 0. The molecule has 0 radical (unpaired) electrons. The molecule has 0 saturated heterocycles. The van der Waals surface area contributed by atoms with Crippen molar-refractivity contribution in [3.8, 4) is 0 Å². The van der Waals surface area contributed by atoms with Gasteiger partial charge in [0, 0.05) is 36.5 Å². The molecule has 1 saturated carbocycles. The van der Waals surface area contributed by atoms with Crippen LogP contribution in [-0.4, -0.2) is 46.6 Å². The summed E-state index contributed by atoms with van der Waals surface area (Å²) < 4.78 is 0. The van der Waals surface area contributed by atoms with Gasteiger partial charge in [0.25, 0.3) is 0 Å². The molecule has 2 aromatic rings. The van der Waals surface area contributed by atoms with E-state index in [0.717, 1.165) is 53.4 Å². The van der Waals surface area contributed by atoms with Gasteiger partial charge in [0.2, 0.25) is 0 Å². The first-order chi connectivity index (χ1) is 17.1. The minimum Gasteiger partial charge on any atom is -0.303 e. The second-order valence-electron chi connectivity index (χ2n) is 8.51. The molecule has 6 heteroatoms. The van der Waals surface area contributed by atoms with Gasteiger partial charge in [-0.15, -0.1) is 0 Å². The van der Waals surface area contributed by atoms with Crippen molar-refractivity contribution in [2.75, 3.05) is 7.05 Å². The Kier molecular flexibility index (Phi) is 12.6. The first-order valence-electron chi connectivity index (χ1n) is 12.6. The predicted molar refractivity (Wildman–Crippen MR) is 145 cm³/mol. The van der Waals surface area contributed by atoms with E-state index in [0.29, 0.717) is 24.0 Å². The van der Waals surface area contributed by atoms with Gasteiger partial charge in [0.1, 0.15) is 17.7 Å². The lowest BCUT2D eigenvalue weighted by atomic mass is 9.88. The smallest absolute Gasteiger partial charge is 0.143 e. The van der Waals surface area contributed by atoms with E-state index in [2.05, 4.69) is 23.0 Å². The highest BCUT2D eigenvalue weighted by Gasteiger charge is 2.29. The van der Waals surface area contributed by atoms with E-state index in [1.807, 2.05) is 39.0 Å². The van der Waals surface area contributed by atoms with Crippen molar-refractivity contribution in [3.63, 3.8) is 0 Å². The van der Waals surface area contributed by atoms with E-state index in [9.17, 15) is 9.59 Å². The lowest BCUT2D eigenvalue weighted by molar-refractivity contribution is -0.108. The van der Waals surface area contributed by atoms with E-state index < -0.39 is 0 Å². The summed E-state index contributed by atoms with van der Waals surface area (Å²) in [6, 6.07) is 7.86. The SMILES string of the molecule is C/C=C(/Cc1ccc(Cl)nc1)c1cccnc1/C(=C/C=O)C(CC=O)N(C)C1CCCCC1.CC. The van der Waals surface area contributed by atoms with E-state index in [1.165, 1.54) is 19.3 Å². The molecule has 1 aliphatic rings. The second-order valence-corrected chi connectivity index (χ2v) is 8.90. The van der Waals surface area contributed by atoms with Gasteiger partial charge in [-0.1, -0.05) is 62.9 Å². The molecule has 2 aromatic heterocycles.